The van der Waals surface area contributed by atoms with Crippen molar-refractivity contribution in [2.24, 2.45) is 0 Å². The normalized spacial score (nSPS) is 23.6. The number of rotatable bonds is 3. The highest BCUT2D eigenvalue weighted by Gasteiger charge is 2.26. The average Bonchev–Trinajstić information content (AvgIpc) is 2.38. The monoisotopic (exact) mass is 344 g/mol. The smallest absolute Gasteiger partial charge is 0.336 e. The van der Waals surface area contributed by atoms with Crippen molar-refractivity contribution in [2.75, 3.05) is 5.43 Å². The predicted molar refractivity (Wildman–Crippen MR) is 79.3 cm³/mol. The Labute approximate surface area is 126 Å². The summed E-state index contributed by atoms with van der Waals surface area (Å²) in [6, 6.07) is 3.50. The number of carbonyl (C=O) groups is 1. The van der Waals surface area contributed by atoms with Crippen LogP contribution in [0, 0.1) is 5.82 Å². The molecule has 2 N–H and O–H groups in total. The van der Waals surface area contributed by atoms with Crippen LogP contribution in [0.5, 0.6) is 0 Å². The maximum Gasteiger partial charge on any atom is 0.336 e. The van der Waals surface area contributed by atoms with E-state index >= 15 is 0 Å². The molecular weight excluding hydrogens is 327 g/mol. The first-order valence-corrected chi connectivity index (χ1v) is 7.47. The fourth-order valence-corrected chi connectivity index (χ4v) is 3.10. The number of halogens is 2. The summed E-state index contributed by atoms with van der Waals surface area (Å²) in [6.45, 7) is 4.20. The molecule has 1 aromatic carbocycles. The van der Waals surface area contributed by atoms with Crippen LogP contribution in [-0.2, 0) is 0 Å². The molecule has 6 heteroatoms. The summed E-state index contributed by atoms with van der Waals surface area (Å²) in [5, 5.41) is 11.0. The number of carboxylic acids is 1. The van der Waals surface area contributed by atoms with Gasteiger partial charge in [0.15, 0.2) is 5.82 Å². The number of piperidine rings is 1. The Bertz CT molecular complexity index is 514. The Morgan fingerprint density at radius 2 is 2.00 bits per heavy atom. The van der Waals surface area contributed by atoms with Gasteiger partial charge in [0, 0.05) is 12.1 Å². The molecule has 1 aliphatic heterocycles. The summed E-state index contributed by atoms with van der Waals surface area (Å²) < 4.78 is 14.2. The number of nitrogens with zero attached hydrogens (tertiary/aromatic N) is 1. The Kier molecular flexibility index (Phi) is 4.65. The van der Waals surface area contributed by atoms with E-state index in [1.54, 1.807) is 0 Å². The van der Waals surface area contributed by atoms with Crippen LogP contribution >= 0.6 is 15.9 Å². The van der Waals surface area contributed by atoms with E-state index in [4.69, 9.17) is 5.11 Å². The largest absolute Gasteiger partial charge is 0.478 e. The molecule has 1 aromatic rings. The molecule has 0 bridgehead atoms. The summed E-state index contributed by atoms with van der Waals surface area (Å²) in [7, 11) is 0. The molecule has 1 heterocycles. The summed E-state index contributed by atoms with van der Waals surface area (Å²) in [4.78, 5) is 11.0. The van der Waals surface area contributed by atoms with Gasteiger partial charge >= 0.3 is 5.97 Å². The van der Waals surface area contributed by atoms with Gasteiger partial charge in [0.2, 0.25) is 0 Å². The molecule has 0 radical (unpaired) electrons. The Hall–Kier alpha value is -1.14. The fourth-order valence-electron chi connectivity index (χ4n) is 2.58. The average molecular weight is 345 g/mol. The first kappa shape index (κ1) is 15.3. The Balaban J connectivity index is 2.25. The molecule has 1 saturated heterocycles. The number of nitrogens with one attached hydrogen (secondary N) is 1. The van der Waals surface area contributed by atoms with Crippen LogP contribution in [0.25, 0.3) is 0 Å². The van der Waals surface area contributed by atoms with Gasteiger partial charge in [0.25, 0.3) is 0 Å². The standard InChI is InChI=1S/C14H18BrFN2O2/c1-8-4-3-5-9(2)18(8)17-11-7-6-10(14(19)20)12(15)13(11)16/h6-9,17H,3-5H2,1-2H3,(H,19,20). The summed E-state index contributed by atoms with van der Waals surface area (Å²) in [5.74, 6) is -1.73. The van der Waals surface area contributed by atoms with E-state index in [2.05, 4.69) is 35.2 Å². The van der Waals surface area contributed by atoms with Crippen molar-refractivity contribution in [1.82, 2.24) is 5.01 Å². The lowest BCUT2D eigenvalue weighted by Crippen LogP contribution is -2.47. The lowest BCUT2D eigenvalue weighted by atomic mass is 10.00. The van der Waals surface area contributed by atoms with E-state index < -0.39 is 11.8 Å². The van der Waals surface area contributed by atoms with Crippen molar-refractivity contribution in [2.45, 2.75) is 45.2 Å². The molecule has 4 nitrogen and oxygen atoms in total. The molecule has 0 spiro atoms. The molecule has 110 valence electrons. The minimum absolute atomic E-state index is 0.0210. The van der Waals surface area contributed by atoms with Gasteiger partial charge in [0.1, 0.15) is 0 Å². The molecule has 1 aliphatic rings. The molecule has 0 amide bonds. The zero-order chi connectivity index (χ0) is 14.9. The zero-order valence-electron chi connectivity index (χ0n) is 11.5. The molecule has 2 rings (SSSR count). The number of carboxylic acid groups (broad SMARTS) is 1. The Morgan fingerprint density at radius 3 is 2.55 bits per heavy atom. The van der Waals surface area contributed by atoms with Crippen molar-refractivity contribution in [1.29, 1.82) is 0 Å². The second-order valence-corrected chi connectivity index (χ2v) is 6.03. The summed E-state index contributed by atoms with van der Waals surface area (Å²) >= 11 is 3.01. The van der Waals surface area contributed by atoms with Crippen molar-refractivity contribution in [3.05, 3.63) is 28.0 Å². The summed E-state index contributed by atoms with van der Waals surface area (Å²) in [5.41, 5.74) is 3.31. The van der Waals surface area contributed by atoms with Crippen LogP contribution in [0.2, 0.25) is 0 Å². The van der Waals surface area contributed by atoms with Crippen LogP contribution in [-0.4, -0.2) is 28.2 Å². The number of hydrogen-bond acceptors (Lipinski definition) is 3. The fraction of sp³-hybridized carbons (Fsp3) is 0.500. The first-order valence-electron chi connectivity index (χ1n) is 6.68. The van der Waals surface area contributed by atoms with Gasteiger partial charge in [-0.1, -0.05) is 6.42 Å². The first-order chi connectivity index (χ1) is 9.41. The van der Waals surface area contributed by atoms with E-state index in [9.17, 15) is 9.18 Å². The third kappa shape index (κ3) is 2.96. The molecule has 0 aromatic heterocycles. The van der Waals surface area contributed by atoms with Gasteiger partial charge in [-0.25, -0.2) is 14.2 Å². The number of aromatic carboxylic acids is 1. The van der Waals surface area contributed by atoms with Gasteiger partial charge in [-0.15, -0.1) is 0 Å². The van der Waals surface area contributed by atoms with E-state index in [-0.39, 0.29) is 10.0 Å². The lowest BCUT2D eigenvalue weighted by molar-refractivity contribution is 0.0695. The van der Waals surface area contributed by atoms with Crippen LogP contribution in [0.1, 0.15) is 43.5 Å². The van der Waals surface area contributed by atoms with Gasteiger partial charge in [-0.05, 0) is 54.8 Å². The molecule has 1 fully saturated rings. The van der Waals surface area contributed by atoms with Gasteiger partial charge in [0.05, 0.1) is 15.7 Å². The lowest BCUT2D eigenvalue weighted by Gasteiger charge is -2.39. The molecule has 2 unspecified atom stereocenters. The highest BCUT2D eigenvalue weighted by Crippen LogP contribution is 2.30. The number of benzene rings is 1. The number of anilines is 1. The van der Waals surface area contributed by atoms with E-state index in [1.165, 1.54) is 18.6 Å². The topological polar surface area (TPSA) is 52.6 Å². The maximum atomic E-state index is 14.2. The van der Waals surface area contributed by atoms with Gasteiger partial charge in [-0.2, -0.15) is 0 Å². The van der Waals surface area contributed by atoms with Crippen LogP contribution < -0.4 is 5.43 Å². The Morgan fingerprint density at radius 1 is 1.40 bits per heavy atom. The van der Waals surface area contributed by atoms with Crippen LogP contribution in [0.15, 0.2) is 16.6 Å². The molecule has 0 aliphatic carbocycles. The van der Waals surface area contributed by atoms with Crippen molar-refractivity contribution < 1.29 is 14.3 Å². The minimum atomic E-state index is -1.15. The van der Waals surface area contributed by atoms with Crippen molar-refractivity contribution in [3.8, 4) is 0 Å². The quantitative estimate of drug-likeness (QED) is 0.873. The molecular formula is C14H18BrFN2O2. The van der Waals surface area contributed by atoms with Crippen molar-refractivity contribution in [3.63, 3.8) is 0 Å². The van der Waals surface area contributed by atoms with Crippen LogP contribution in [0.4, 0.5) is 10.1 Å². The van der Waals surface area contributed by atoms with E-state index in [1.807, 2.05) is 5.01 Å². The molecule has 0 saturated carbocycles. The van der Waals surface area contributed by atoms with Crippen LogP contribution in [0.3, 0.4) is 0 Å². The predicted octanol–water partition coefficient (Wildman–Crippen LogP) is 3.88. The zero-order valence-corrected chi connectivity index (χ0v) is 13.1. The minimum Gasteiger partial charge on any atom is -0.478 e. The number of hydrogen-bond donors (Lipinski definition) is 2. The van der Waals surface area contributed by atoms with Crippen molar-refractivity contribution >= 4 is 27.6 Å². The van der Waals surface area contributed by atoms with Gasteiger partial charge in [-0.3, -0.25) is 0 Å². The maximum absolute atomic E-state index is 14.2. The molecule has 2 atom stereocenters. The third-order valence-corrected chi connectivity index (χ3v) is 4.53. The van der Waals surface area contributed by atoms with Gasteiger partial charge < -0.3 is 10.5 Å². The highest BCUT2D eigenvalue weighted by molar-refractivity contribution is 9.10. The number of hydrazine groups is 1. The van der Waals surface area contributed by atoms with E-state index in [0.29, 0.717) is 17.8 Å². The highest BCUT2D eigenvalue weighted by atomic mass is 79.9. The van der Waals surface area contributed by atoms with E-state index in [0.717, 1.165) is 12.8 Å². The SMILES string of the molecule is CC1CCCC(C)N1Nc1ccc(C(=O)O)c(Br)c1F. The second-order valence-electron chi connectivity index (χ2n) is 5.24. The molecule has 20 heavy (non-hydrogen) atoms. The second kappa shape index (κ2) is 6.10. The summed E-state index contributed by atoms with van der Waals surface area (Å²) in [6.07, 6.45) is 3.30. The third-order valence-electron chi connectivity index (χ3n) is 3.76.